The van der Waals surface area contributed by atoms with E-state index in [2.05, 4.69) is 30.9 Å². The van der Waals surface area contributed by atoms with Gasteiger partial charge in [0.25, 0.3) is 0 Å². The second-order valence-electron chi connectivity index (χ2n) is 6.04. The third kappa shape index (κ3) is 4.21. The predicted molar refractivity (Wildman–Crippen MR) is 76.8 cm³/mol. The van der Waals surface area contributed by atoms with Gasteiger partial charge in [0.05, 0.1) is 0 Å². The molecule has 1 fully saturated rings. The van der Waals surface area contributed by atoms with E-state index in [0.717, 1.165) is 31.3 Å². The van der Waals surface area contributed by atoms with E-state index in [1.807, 2.05) is 12.1 Å². The first-order valence-corrected chi connectivity index (χ1v) is 6.67. The van der Waals surface area contributed by atoms with Crippen molar-refractivity contribution in [2.45, 2.75) is 26.8 Å². The molecule has 0 atom stereocenters. The summed E-state index contributed by atoms with van der Waals surface area (Å²) in [6.45, 7) is 7.91. The Morgan fingerprint density at radius 1 is 1.37 bits per heavy atom. The number of carbonyl (C=O) groups is 1. The highest BCUT2D eigenvalue weighted by Gasteiger charge is 2.28. The standard InChI is InChI=1S/C16H21NO2/c1-16(2)9-10-17(12-16)11-14-5-3-13(4-6-14)7-8-15(18)19/h3-8H,9-12H2,1-2H3,(H,18,19). The first-order chi connectivity index (χ1) is 8.94. The van der Waals surface area contributed by atoms with Crippen LogP contribution < -0.4 is 0 Å². The van der Waals surface area contributed by atoms with E-state index >= 15 is 0 Å². The van der Waals surface area contributed by atoms with Crippen LogP contribution in [0.15, 0.2) is 30.3 Å². The number of benzene rings is 1. The summed E-state index contributed by atoms with van der Waals surface area (Å²) >= 11 is 0. The molecule has 0 unspecified atom stereocenters. The Balaban J connectivity index is 1.94. The van der Waals surface area contributed by atoms with Crippen molar-refractivity contribution < 1.29 is 9.90 Å². The lowest BCUT2D eigenvalue weighted by molar-refractivity contribution is -0.131. The van der Waals surface area contributed by atoms with Crippen LogP contribution in [0.5, 0.6) is 0 Å². The Hall–Kier alpha value is -1.61. The first-order valence-electron chi connectivity index (χ1n) is 6.67. The van der Waals surface area contributed by atoms with Crippen molar-refractivity contribution in [2.24, 2.45) is 5.41 Å². The van der Waals surface area contributed by atoms with Crippen molar-refractivity contribution in [2.75, 3.05) is 13.1 Å². The van der Waals surface area contributed by atoms with Gasteiger partial charge in [0, 0.05) is 19.2 Å². The molecule has 19 heavy (non-hydrogen) atoms. The van der Waals surface area contributed by atoms with Crippen molar-refractivity contribution in [3.8, 4) is 0 Å². The topological polar surface area (TPSA) is 40.5 Å². The van der Waals surface area contributed by atoms with Crippen LogP contribution in [-0.4, -0.2) is 29.1 Å². The van der Waals surface area contributed by atoms with Crippen LogP contribution in [0.4, 0.5) is 0 Å². The SMILES string of the molecule is CC1(C)CCN(Cc2ccc(C=CC(=O)O)cc2)C1. The molecule has 1 aromatic rings. The van der Waals surface area contributed by atoms with Gasteiger partial charge in [-0.2, -0.15) is 0 Å². The van der Waals surface area contributed by atoms with Crippen LogP contribution in [0, 0.1) is 5.41 Å². The highest BCUT2D eigenvalue weighted by molar-refractivity contribution is 5.85. The van der Waals surface area contributed by atoms with Crippen molar-refractivity contribution in [3.63, 3.8) is 0 Å². The van der Waals surface area contributed by atoms with Gasteiger partial charge in [-0.15, -0.1) is 0 Å². The van der Waals surface area contributed by atoms with Gasteiger partial charge in [-0.05, 0) is 35.6 Å². The maximum atomic E-state index is 10.4. The number of rotatable bonds is 4. The molecule has 0 radical (unpaired) electrons. The summed E-state index contributed by atoms with van der Waals surface area (Å²) in [5, 5.41) is 8.57. The molecule has 0 bridgehead atoms. The Bertz CT molecular complexity index is 474. The van der Waals surface area contributed by atoms with E-state index in [4.69, 9.17) is 5.11 Å². The molecule has 1 aliphatic rings. The summed E-state index contributed by atoms with van der Waals surface area (Å²) in [6.07, 6.45) is 4.04. The minimum Gasteiger partial charge on any atom is -0.478 e. The molecule has 1 N–H and O–H groups in total. The largest absolute Gasteiger partial charge is 0.478 e. The number of hydrogen-bond acceptors (Lipinski definition) is 2. The monoisotopic (exact) mass is 259 g/mol. The molecule has 102 valence electrons. The van der Waals surface area contributed by atoms with E-state index in [0.29, 0.717) is 5.41 Å². The Labute approximate surface area is 114 Å². The van der Waals surface area contributed by atoms with Crippen molar-refractivity contribution in [1.29, 1.82) is 0 Å². The summed E-state index contributed by atoms with van der Waals surface area (Å²) in [7, 11) is 0. The van der Waals surface area contributed by atoms with E-state index in [1.54, 1.807) is 6.08 Å². The van der Waals surface area contributed by atoms with Crippen molar-refractivity contribution in [1.82, 2.24) is 4.90 Å². The maximum Gasteiger partial charge on any atom is 0.328 e. The number of aliphatic carboxylic acids is 1. The quantitative estimate of drug-likeness (QED) is 0.845. The number of hydrogen-bond donors (Lipinski definition) is 1. The zero-order chi connectivity index (χ0) is 13.9. The smallest absolute Gasteiger partial charge is 0.328 e. The Kier molecular flexibility index (Phi) is 4.05. The molecule has 1 heterocycles. The highest BCUT2D eigenvalue weighted by Crippen LogP contribution is 2.29. The summed E-state index contributed by atoms with van der Waals surface area (Å²) < 4.78 is 0. The molecule has 1 aliphatic heterocycles. The molecular formula is C16H21NO2. The molecule has 0 aliphatic carbocycles. The summed E-state index contributed by atoms with van der Waals surface area (Å²) in [4.78, 5) is 12.9. The normalized spacial score (nSPS) is 19.1. The fourth-order valence-electron chi connectivity index (χ4n) is 2.52. The van der Waals surface area contributed by atoms with Crippen LogP contribution in [0.2, 0.25) is 0 Å². The number of carboxylic acid groups (broad SMARTS) is 1. The third-order valence-corrected chi connectivity index (χ3v) is 3.56. The Morgan fingerprint density at radius 3 is 2.58 bits per heavy atom. The molecular weight excluding hydrogens is 238 g/mol. The van der Waals surface area contributed by atoms with E-state index in [1.165, 1.54) is 12.0 Å². The molecule has 3 heteroatoms. The average molecular weight is 259 g/mol. The lowest BCUT2D eigenvalue weighted by Crippen LogP contribution is -2.22. The molecule has 0 saturated carbocycles. The van der Waals surface area contributed by atoms with Gasteiger partial charge >= 0.3 is 5.97 Å². The van der Waals surface area contributed by atoms with E-state index in [-0.39, 0.29) is 0 Å². The third-order valence-electron chi connectivity index (χ3n) is 3.56. The molecule has 0 aromatic heterocycles. The van der Waals surface area contributed by atoms with Gasteiger partial charge in [0.1, 0.15) is 0 Å². The van der Waals surface area contributed by atoms with Crippen LogP contribution in [0.25, 0.3) is 6.08 Å². The van der Waals surface area contributed by atoms with Gasteiger partial charge in [0.15, 0.2) is 0 Å². The number of nitrogens with zero attached hydrogens (tertiary/aromatic N) is 1. The fraction of sp³-hybridized carbons (Fsp3) is 0.438. The molecule has 3 nitrogen and oxygen atoms in total. The zero-order valence-electron chi connectivity index (χ0n) is 11.6. The van der Waals surface area contributed by atoms with Crippen LogP contribution in [0.1, 0.15) is 31.4 Å². The minimum absolute atomic E-state index is 0.435. The van der Waals surface area contributed by atoms with Gasteiger partial charge < -0.3 is 5.11 Å². The van der Waals surface area contributed by atoms with Crippen LogP contribution >= 0.6 is 0 Å². The van der Waals surface area contributed by atoms with Gasteiger partial charge in [0.2, 0.25) is 0 Å². The zero-order valence-corrected chi connectivity index (χ0v) is 11.6. The van der Waals surface area contributed by atoms with Crippen LogP contribution in [0.3, 0.4) is 0 Å². The minimum atomic E-state index is -0.914. The summed E-state index contributed by atoms with van der Waals surface area (Å²) in [5.74, 6) is -0.914. The Morgan fingerprint density at radius 2 is 2.05 bits per heavy atom. The fourth-order valence-corrected chi connectivity index (χ4v) is 2.52. The molecule has 1 aromatic carbocycles. The first kappa shape index (κ1) is 13.8. The van der Waals surface area contributed by atoms with Crippen LogP contribution in [-0.2, 0) is 11.3 Å². The average Bonchev–Trinajstić information content (AvgIpc) is 2.68. The second kappa shape index (κ2) is 5.57. The number of carboxylic acids is 1. The van der Waals surface area contributed by atoms with E-state index in [9.17, 15) is 4.79 Å². The molecule has 2 rings (SSSR count). The lowest BCUT2D eigenvalue weighted by Gasteiger charge is -2.19. The molecule has 0 amide bonds. The molecule has 1 saturated heterocycles. The predicted octanol–water partition coefficient (Wildman–Crippen LogP) is 3.02. The summed E-state index contributed by atoms with van der Waals surface area (Å²) in [6, 6.07) is 8.09. The highest BCUT2D eigenvalue weighted by atomic mass is 16.4. The van der Waals surface area contributed by atoms with Crippen molar-refractivity contribution in [3.05, 3.63) is 41.5 Å². The molecule has 0 spiro atoms. The van der Waals surface area contributed by atoms with Gasteiger partial charge in [-0.1, -0.05) is 38.1 Å². The van der Waals surface area contributed by atoms with Crippen molar-refractivity contribution >= 4 is 12.0 Å². The lowest BCUT2D eigenvalue weighted by atomic mass is 9.93. The second-order valence-corrected chi connectivity index (χ2v) is 6.04. The maximum absolute atomic E-state index is 10.4. The van der Waals surface area contributed by atoms with Gasteiger partial charge in [-0.25, -0.2) is 4.79 Å². The van der Waals surface area contributed by atoms with E-state index < -0.39 is 5.97 Å². The van der Waals surface area contributed by atoms with Gasteiger partial charge in [-0.3, -0.25) is 4.90 Å². The summed E-state index contributed by atoms with van der Waals surface area (Å²) in [5.41, 5.74) is 2.64. The number of likely N-dealkylation sites (tertiary alicyclic amines) is 1.